The molecule has 0 unspecified atom stereocenters. The van der Waals surface area contributed by atoms with E-state index in [4.69, 9.17) is 0 Å². The number of nitrogens with zero attached hydrogens (tertiary/aromatic N) is 3. The first kappa shape index (κ1) is 7.97. The first-order valence-electron chi connectivity index (χ1n) is 3.50. The predicted molar refractivity (Wildman–Crippen MR) is 39.7 cm³/mol. The van der Waals surface area contributed by atoms with Crippen LogP contribution in [0.3, 0.4) is 0 Å². The molecule has 5 heteroatoms. The van der Waals surface area contributed by atoms with Gasteiger partial charge in [0.2, 0.25) is 0 Å². The van der Waals surface area contributed by atoms with E-state index in [9.17, 15) is 9.70 Å². The minimum Gasteiger partial charge on any atom is -0.329 e. The van der Waals surface area contributed by atoms with Crippen molar-refractivity contribution < 1.29 is 4.79 Å². The van der Waals surface area contributed by atoms with Gasteiger partial charge in [-0.15, -0.1) is 4.91 Å². The third kappa shape index (κ3) is 1.66. The van der Waals surface area contributed by atoms with E-state index in [1.807, 2.05) is 0 Å². The molecule has 1 aliphatic rings. The summed E-state index contributed by atoms with van der Waals surface area (Å²) in [5.74, 6) is 0. The van der Waals surface area contributed by atoms with Crippen LogP contribution >= 0.6 is 0 Å². The highest BCUT2D eigenvalue weighted by Gasteiger charge is 2.34. The molecule has 0 aromatic rings. The van der Waals surface area contributed by atoms with Crippen molar-refractivity contribution in [2.24, 2.45) is 5.29 Å². The summed E-state index contributed by atoms with van der Waals surface area (Å²) in [6.45, 7) is 0. The number of nitroso groups, excluding NO2 is 1. The van der Waals surface area contributed by atoms with Crippen LogP contribution in [0.5, 0.6) is 0 Å². The maximum absolute atomic E-state index is 11.1. The van der Waals surface area contributed by atoms with Crippen molar-refractivity contribution in [3.63, 3.8) is 0 Å². The molecule has 2 amide bonds. The van der Waals surface area contributed by atoms with Crippen LogP contribution in [-0.2, 0) is 0 Å². The van der Waals surface area contributed by atoms with Gasteiger partial charge in [-0.25, -0.2) is 4.79 Å². The van der Waals surface area contributed by atoms with Gasteiger partial charge in [0.15, 0.2) is 0 Å². The van der Waals surface area contributed by atoms with Crippen LogP contribution in [0.2, 0.25) is 0 Å². The summed E-state index contributed by atoms with van der Waals surface area (Å²) >= 11 is 0. The van der Waals surface area contributed by atoms with Gasteiger partial charge in [-0.05, 0) is 12.8 Å². The Morgan fingerprint density at radius 3 is 2.27 bits per heavy atom. The molecule has 1 rings (SSSR count). The molecule has 0 atom stereocenters. The van der Waals surface area contributed by atoms with Crippen molar-refractivity contribution in [3.8, 4) is 0 Å². The monoisotopic (exact) mass is 157 g/mol. The summed E-state index contributed by atoms with van der Waals surface area (Å²) in [6.07, 6.45) is 1.79. The molecule has 0 N–H and O–H groups in total. The van der Waals surface area contributed by atoms with Crippen molar-refractivity contribution in [2.75, 3.05) is 14.1 Å². The van der Waals surface area contributed by atoms with Crippen molar-refractivity contribution >= 4 is 6.03 Å². The molecular weight excluding hydrogens is 146 g/mol. The molecule has 0 spiro atoms. The second kappa shape index (κ2) is 2.86. The zero-order valence-electron chi connectivity index (χ0n) is 6.65. The number of carbonyl (C=O) groups excluding carboxylic acids is 1. The second-order valence-electron chi connectivity index (χ2n) is 2.83. The lowest BCUT2D eigenvalue weighted by atomic mass is 10.6. The maximum atomic E-state index is 11.1. The molecule has 62 valence electrons. The summed E-state index contributed by atoms with van der Waals surface area (Å²) in [6, 6.07) is -0.273. The molecule has 1 fully saturated rings. The van der Waals surface area contributed by atoms with E-state index >= 15 is 0 Å². The van der Waals surface area contributed by atoms with Crippen LogP contribution < -0.4 is 0 Å². The SMILES string of the molecule is CN(C)C(=O)N(N=O)C1CC1. The molecule has 1 aliphatic carbocycles. The van der Waals surface area contributed by atoms with Gasteiger partial charge in [-0.1, -0.05) is 0 Å². The molecule has 0 bridgehead atoms. The molecule has 5 nitrogen and oxygen atoms in total. The van der Waals surface area contributed by atoms with Crippen LogP contribution in [0.15, 0.2) is 5.29 Å². The number of hydrogen-bond acceptors (Lipinski definition) is 3. The zero-order valence-corrected chi connectivity index (χ0v) is 6.65. The topological polar surface area (TPSA) is 53.0 Å². The van der Waals surface area contributed by atoms with E-state index < -0.39 is 0 Å². The van der Waals surface area contributed by atoms with E-state index in [0.717, 1.165) is 17.9 Å². The number of hydrogen-bond donors (Lipinski definition) is 0. The third-order valence-corrected chi connectivity index (χ3v) is 1.56. The average molecular weight is 157 g/mol. The molecule has 1 saturated carbocycles. The smallest absolute Gasteiger partial charge is 0.329 e. The van der Waals surface area contributed by atoms with Crippen molar-refractivity contribution in [1.82, 2.24) is 9.91 Å². The highest BCUT2D eigenvalue weighted by atomic mass is 16.3. The number of carbonyl (C=O) groups is 1. The molecule has 0 saturated heterocycles. The van der Waals surface area contributed by atoms with Crippen molar-refractivity contribution in [2.45, 2.75) is 18.9 Å². The molecular formula is C6H11N3O2. The average Bonchev–Trinajstić information content (AvgIpc) is 2.72. The van der Waals surface area contributed by atoms with E-state index in [0.29, 0.717) is 0 Å². The minimum absolute atomic E-state index is 0.0578. The molecule has 0 aromatic heterocycles. The quantitative estimate of drug-likeness (QED) is 0.440. The van der Waals surface area contributed by atoms with Crippen molar-refractivity contribution in [1.29, 1.82) is 0 Å². The fourth-order valence-electron chi connectivity index (χ4n) is 0.782. The van der Waals surface area contributed by atoms with Crippen LogP contribution in [0.4, 0.5) is 4.79 Å². The van der Waals surface area contributed by atoms with Gasteiger partial charge in [0.05, 0.1) is 11.3 Å². The predicted octanol–water partition coefficient (Wildman–Crippen LogP) is 0.814. The minimum atomic E-state index is -0.331. The van der Waals surface area contributed by atoms with Crippen molar-refractivity contribution in [3.05, 3.63) is 4.91 Å². The highest BCUT2D eigenvalue weighted by Crippen LogP contribution is 2.27. The van der Waals surface area contributed by atoms with E-state index in [-0.39, 0.29) is 12.1 Å². The van der Waals surface area contributed by atoms with Gasteiger partial charge in [0, 0.05) is 14.1 Å². The van der Waals surface area contributed by atoms with Crippen LogP contribution in [0.25, 0.3) is 0 Å². The summed E-state index contributed by atoms with van der Waals surface area (Å²) in [5.41, 5.74) is 0. The summed E-state index contributed by atoms with van der Waals surface area (Å²) < 4.78 is 0. The Morgan fingerprint density at radius 2 is 2.00 bits per heavy atom. The number of amides is 2. The molecule has 0 radical (unpaired) electrons. The normalized spacial score (nSPS) is 15.8. The lowest BCUT2D eigenvalue weighted by Crippen LogP contribution is -2.36. The first-order chi connectivity index (χ1) is 5.16. The number of urea groups is 1. The Labute approximate surface area is 64.9 Å². The lowest BCUT2D eigenvalue weighted by molar-refractivity contribution is 0.169. The summed E-state index contributed by atoms with van der Waals surface area (Å²) in [5, 5.41) is 3.66. The third-order valence-electron chi connectivity index (χ3n) is 1.56. The molecule has 0 aromatic carbocycles. The van der Waals surface area contributed by atoms with Gasteiger partial charge in [-0.3, -0.25) is 0 Å². The Kier molecular flexibility index (Phi) is 2.07. The fraction of sp³-hybridized carbons (Fsp3) is 0.833. The van der Waals surface area contributed by atoms with Gasteiger partial charge in [0.1, 0.15) is 0 Å². The first-order valence-corrected chi connectivity index (χ1v) is 3.50. The number of rotatable bonds is 2. The largest absolute Gasteiger partial charge is 0.342 e. The maximum Gasteiger partial charge on any atom is 0.342 e. The zero-order chi connectivity index (χ0) is 8.43. The lowest BCUT2D eigenvalue weighted by Gasteiger charge is -2.17. The van der Waals surface area contributed by atoms with E-state index in [1.165, 1.54) is 4.90 Å². The molecule has 11 heavy (non-hydrogen) atoms. The van der Waals surface area contributed by atoms with Crippen LogP contribution in [0.1, 0.15) is 12.8 Å². The Balaban J connectivity index is 2.53. The van der Waals surface area contributed by atoms with Gasteiger partial charge < -0.3 is 4.90 Å². The summed E-state index contributed by atoms with van der Waals surface area (Å²) in [4.78, 5) is 22.6. The van der Waals surface area contributed by atoms with Crippen LogP contribution in [-0.4, -0.2) is 36.1 Å². The summed E-state index contributed by atoms with van der Waals surface area (Å²) in [7, 11) is 3.20. The fourth-order valence-corrected chi connectivity index (χ4v) is 0.782. The highest BCUT2D eigenvalue weighted by molar-refractivity contribution is 5.74. The standard InChI is InChI=1S/C6H11N3O2/c1-8(2)6(10)9(7-11)5-3-4-5/h5H,3-4H2,1-2H3. The van der Waals surface area contributed by atoms with Gasteiger partial charge in [0.25, 0.3) is 0 Å². The Bertz CT molecular complexity index is 177. The molecule has 0 heterocycles. The van der Waals surface area contributed by atoms with E-state index in [2.05, 4.69) is 5.29 Å². The van der Waals surface area contributed by atoms with Crippen LogP contribution in [0, 0.1) is 4.91 Å². The second-order valence-corrected chi connectivity index (χ2v) is 2.83. The Morgan fingerprint density at radius 1 is 1.45 bits per heavy atom. The Hall–Kier alpha value is -1.13. The van der Waals surface area contributed by atoms with Gasteiger partial charge >= 0.3 is 6.03 Å². The molecule has 0 aliphatic heterocycles. The van der Waals surface area contributed by atoms with Gasteiger partial charge in [-0.2, -0.15) is 5.01 Å². The van der Waals surface area contributed by atoms with E-state index in [1.54, 1.807) is 14.1 Å².